The monoisotopic (exact) mass is 200 g/mol. The van der Waals surface area contributed by atoms with Crippen molar-refractivity contribution in [2.45, 2.75) is 20.8 Å². The first-order valence-corrected chi connectivity index (χ1v) is 4.90. The predicted molar refractivity (Wildman–Crippen MR) is 58.2 cm³/mol. The normalized spacial score (nSPS) is 15.7. The maximum absolute atomic E-state index is 12.0. The van der Waals surface area contributed by atoms with Crippen LogP contribution in [-0.2, 0) is 0 Å². The summed E-state index contributed by atoms with van der Waals surface area (Å²) >= 11 is 0. The Morgan fingerprint density at radius 3 is 2.13 bits per heavy atom. The van der Waals surface area contributed by atoms with Gasteiger partial charge in [0.2, 0.25) is 0 Å². The molecule has 0 unspecified atom stereocenters. The first-order valence-electron chi connectivity index (χ1n) is 4.90. The number of allylic oxidation sites excluding steroid dienone is 2. The Morgan fingerprint density at radius 1 is 0.867 bits per heavy atom. The molecular weight excluding hydrogens is 188 g/mol. The van der Waals surface area contributed by atoms with Gasteiger partial charge in [0.25, 0.3) is 0 Å². The third kappa shape index (κ3) is 1.25. The largest absolute Gasteiger partial charge is 0.289 e. The highest BCUT2D eigenvalue weighted by Gasteiger charge is 2.28. The van der Waals surface area contributed by atoms with E-state index in [1.54, 1.807) is 19.9 Å². The van der Waals surface area contributed by atoms with Crippen molar-refractivity contribution < 1.29 is 9.59 Å². The summed E-state index contributed by atoms with van der Waals surface area (Å²) < 4.78 is 0. The van der Waals surface area contributed by atoms with Gasteiger partial charge in [-0.05, 0) is 26.3 Å². The molecule has 0 radical (unpaired) electrons. The third-order valence-corrected chi connectivity index (χ3v) is 2.99. The number of benzene rings is 1. The maximum atomic E-state index is 12.0. The fourth-order valence-corrected chi connectivity index (χ4v) is 1.89. The van der Waals surface area contributed by atoms with Gasteiger partial charge in [-0.3, -0.25) is 9.59 Å². The molecule has 1 aliphatic carbocycles. The van der Waals surface area contributed by atoms with E-state index in [1.165, 1.54) is 0 Å². The molecule has 0 saturated carbocycles. The van der Waals surface area contributed by atoms with Crippen molar-refractivity contribution in [3.63, 3.8) is 0 Å². The van der Waals surface area contributed by atoms with E-state index >= 15 is 0 Å². The van der Waals surface area contributed by atoms with Gasteiger partial charge in [0.1, 0.15) is 0 Å². The van der Waals surface area contributed by atoms with E-state index in [0.717, 1.165) is 5.56 Å². The highest BCUT2D eigenvalue weighted by Crippen LogP contribution is 2.27. The second-order valence-electron chi connectivity index (χ2n) is 3.91. The van der Waals surface area contributed by atoms with Crippen molar-refractivity contribution >= 4 is 11.6 Å². The van der Waals surface area contributed by atoms with E-state index < -0.39 is 0 Å². The molecule has 1 aliphatic rings. The minimum Gasteiger partial charge on any atom is -0.289 e. The predicted octanol–water partition coefficient (Wildman–Crippen LogP) is 2.71. The SMILES string of the molecule is CC1=C(C)C(=O)c2c(C)cccc2C1=O. The summed E-state index contributed by atoms with van der Waals surface area (Å²) in [6, 6.07) is 5.39. The highest BCUT2D eigenvalue weighted by atomic mass is 16.1. The van der Waals surface area contributed by atoms with E-state index in [-0.39, 0.29) is 11.6 Å². The molecule has 2 rings (SSSR count). The van der Waals surface area contributed by atoms with Crippen molar-refractivity contribution in [1.29, 1.82) is 0 Å². The second-order valence-corrected chi connectivity index (χ2v) is 3.91. The standard InChI is InChI=1S/C13H12O2/c1-7-5-4-6-10-11(7)13(15)9(3)8(2)12(10)14/h4-6H,1-3H3. The molecule has 0 N–H and O–H groups in total. The Hall–Kier alpha value is -1.70. The fraction of sp³-hybridized carbons (Fsp3) is 0.231. The van der Waals surface area contributed by atoms with Crippen LogP contribution in [0.25, 0.3) is 0 Å². The van der Waals surface area contributed by atoms with Gasteiger partial charge in [-0.1, -0.05) is 18.2 Å². The Morgan fingerprint density at radius 2 is 1.47 bits per heavy atom. The Labute approximate surface area is 88.6 Å². The third-order valence-electron chi connectivity index (χ3n) is 2.99. The number of hydrogen-bond donors (Lipinski definition) is 0. The summed E-state index contributed by atoms with van der Waals surface area (Å²) in [7, 11) is 0. The smallest absolute Gasteiger partial charge is 0.190 e. The Balaban J connectivity index is 2.79. The van der Waals surface area contributed by atoms with Gasteiger partial charge in [0.15, 0.2) is 11.6 Å². The van der Waals surface area contributed by atoms with Crippen LogP contribution in [0.5, 0.6) is 0 Å². The number of hydrogen-bond acceptors (Lipinski definition) is 2. The van der Waals surface area contributed by atoms with Crippen LogP contribution in [0, 0.1) is 6.92 Å². The van der Waals surface area contributed by atoms with Crippen molar-refractivity contribution in [2.75, 3.05) is 0 Å². The number of fused-ring (bicyclic) bond motifs is 1. The molecule has 0 atom stereocenters. The molecule has 76 valence electrons. The first-order chi connectivity index (χ1) is 7.04. The lowest BCUT2D eigenvalue weighted by Gasteiger charge is -2.18. The van der Waals surface area contributed by atoms with E-state index in [2.05, 4.69) is 0 Å². The van der Waals surface area contributed by atoms with Gasteiger partial charge in [-0.15, -0.1) is 0 Å². The van der Waals surface area contributed by atoms with Gasteiger partial charge in [0, 0.05) is 22.3 Å². The average molecular weight is 200 g/mol. The summed E-state index contributed by atoms with van der Waals surface area (Å²) in [6.07, 6.45) is 0. The van der Waals surface area contributed by atoms with Crippen molar-refractivity contribution in [3.05, 3.63) is 46.0 Å². The fourth-order valence-electron chi connectivity index (χ4n) is 1.89. The summed E-state index contributed by atoms with van der Waals surface area (Å²) in [5, 5.41) is 0. The van der Waals surface area contributed by atoms with Gasteiger partial charge < -0.3 is 0 Å². The van der Waals surface area contributed by atoms with Crippen LogP contribution < -0.4 is 0 Å². The van der Waals surface area contributed by atoms with E-state index in [9.17, 15) is 9.59 Å². The van der Waals surface area contributed by atoms with Gasteiger partial charge in [0.05, 0.1) is 0 Å². The van der Waals surface area contributed by atoms with Gasteiger partial charge in [-0.25, -0.2) is 0 Å². The van der Waals surface area contributed by atoms with E-state index in [1.807, 2.05) is 19.1 Å². The zero-order chi connectivity index (χ0) is 11.2. The molecule has 0 spiro atoms. The molecule has 0 aliphatic heterocycles. The van der Waals surface area contributed by atoms with E-state index in [0.29, 0.717) is 22.3 Å². The molecule has 0 amide bonds. The zero-order valence-electron chi connectivity index (χ0n) is 9.05. The number of ketones is 2. The summed E-state index contributed by atoms with van der Waals surface area (Å²) in [5.74, 6) is -0.0361. The minimum atomic E-state index is -0.0224. The lowest BCUT2D eigenvalue weighted by molar-refractivity contribution is 0.0974. The number of Topliss-reactive ketones (excluding diaryl/α,β-unsaturated/α-hetero) is 2. The number of carbonyl (C=O) groups excluding carboxylic acids is 2. The molecule has 0 fully saturated rings. The number of aryl methyl sites for hydroxylation is 1. The highest BCUT2D eigenvalue weighted by molar-refractivity contribution is 6.26. The van der Waals surface area contributed by atoms with Crippen molar-refractivity contribution in [3.8, 4) is 0 Å². The number of rotatable bonds is 0. The van der Waals surface area contributed by atoms with Crippen LogP contribution in [0.4, 0.5) is 0 Å². The topological polar surface area (TPSA) is 34.1 Å². The van der Waals surface area contributed by atoms with Crippen LogP contribution in [0.15, 0.2) is 29.3 Å². The van der Waals surface area contributed by atoms with Gasteiger partial charge in [-0.2, -0.15) is 0 Å². The molecule has 2 nitrogen and oxygen atoms in total. The molecule has 2 heteroatoms. The molecule has 0 bridgehead atoms. The van der Waals surface area contributed by atoms with Crippen LogP contribution in [0.1, 0.15) is 40.1 Å². The summed E-state index contributed by atoms with van der Waals surface area (Å²) in [4.78, 5) is 23.9. The molecule has 15 heavy (non-hydrogen) atoms. The second kappa shape index (κ2) is 3.16. The summed E-state index contributed by atoms with van der Waals surface area (Å²) in [5.41, 5.74) is 3.13. The van der Waals surface area contributed by atoms with Crippen LogP contribution in [0.3, 0.4) is 0 Å². The Kier molecular flexibility index (Phi) is 2.07. The van der Waals surface area contributed by atoms with Crippen LogP contribution >= 0.6 is 0 Å². The molecule has 1 aromatic carbocycles. The molecule has 0 saturated heterocycles. The van der Waals surface area contributed by atoms with Crippen molar-refractivity contribution in [2.24, 2.45) is 0 Å². The van der Waals surface area contributed by atoms with Gasteiger partial charge >= 0.3 is 0 Å². The Bertz CT molecular complexity index is 507. The minimum absolute atomic E-state index is 0.0137. The lowest BCUT2D eigenvalue weighted by atomic mass is 9.83. The lowest BCUT2D eigenvalue weighted by Crippen LogP contribution is -2.20. The van der Waals surface area contributed by atoms with Crippen LogP contribution in [-0.4, -0.2) is 11.6 Å². The summed E-state index contributed by atoms with van der Waals surface area (Å²) in [6.45, 7) is 5.28. The maximum Gasteiger partial charge on any atom is 0.190 e. The molecule has 0 aromatic heterocycles. The molecule has 1 aromatic rings. The molecular formula is C13H12O2. The molecule has 0 heterocycles. The van der Waals surface area contributed by atoms with E-state index in [4.69, 9.17) is 0 Å². The first kappa shape index (κ1) is 9.84. The number of carbonyl (C=O) groups is 2. The average Bonchev–Trinajstić information content (AvgIpc) is 2.23. The quantitative estimate of drug-likeness (QED) is 0.645. The van der Waals surface area contributed by atoms with Crippen LogP contribution in [0.2, 0.25) is 0 Å². The van der Waals surface area contributed by atoms with Crippen molar-refractivity contribution in [1.82, 2.24) is 0 Å². The zero-order valence-corrected chi connectivity index (χ0v) is 9.05.